The van der Waals surface area contributed by atoms with Crippen LogP contribution in [0.15, 0.2) is 48.5 Å². The molecule has 0 saturated heterocycles. The fourth-order valence-electron chi connectivity index (χ4n) is 3.23. The minimum Gasteiger partial charge on any atom is -0.313 e. The Labute approximate surface area is 113 Å². The number of halogens is 1. The van der Waals surface area contributed by atoms with Crippen molar-refractivity contribution in [1.82, 2.24) is 5.32 Å². The molecule has 19 heavy (non-hydrogen) atoms. The van der Waals surface area contributed by atoms with Gasteiger partial charge in [-0.3, -0.25) is 0 Å². The van der Waals surface area contributed by atoms with Gasteiger partial charge in [0.25, 0.3) is 0 Å². The van der Waals surface area contributed by atoms with E-state index in [1.165, 1.54) is 17.2 Å². The molecule has 2 heteroatoms. The summed E-state index contributed by atoms with van der Waals surface area (Å²) in [5, 5.41) is 3.41. The molecule has 1 nitrogen and oxygen atoms in total. The summed E-state index contributed by atoms with van der Waals surface area (Å²) >= 11 is 0. The number of rotatable bonds is 3. The van der Waals surface area contributed by atoms with E-state index >= 15 is 0 Å². The zero-order valence-electron chi connectivity index (χ0n) is 11.1. The van der Waals surface area contributed by atoms with Gasteiger partial charge in [-0.2, -0.15) is 0 Å². The molecular weight excluding hydrogens is 237 g/mol. The topological polar surface area (TPSA) is 12.0 Å². The van der Waals surface area contributed by atoms with Crippen LogP contribution in [0.5, 0.6) is 0 Å². The quantitative estimate of drug-likeness (QED) is 0.885. The maximum atomic E-state index is 13.3. The first-order valence-electron chi connectivity index (χ1n) is 6.77. The van der Waals surface area contributed by atoms with Crippen LogP contribution in [0.3, 0.4) is 0 Å². The molecule has 0 radical (unpaired) electrons. The first-order valence-corrected chi connectivity index (χ1v) is 6.77. The monoisotopic (exact) mass is 255 g/mol. The highest BCUT2D eigenvalue weighted by Gasteiger charge is 2.30. The maximum absolute atomic E-state index is 13.3. The highest BCUT2D eigenvalue weighted by Crippen LogP contribution is 2.37. The molecule has 2 aromatic rings. The van der Waals surface area contributed by atoms with Gasteiger partial charge in [-0.1, -0.05) is 36.4 Å². The fourth-order valence-corrected chi connectivity index (χ4v) is 3.23. The third-order valence-electron chi connectivity index (χ3n) is 4.04. The molecular formula is C17H18FN. The molecule has 0 saturated carbocycles. The second-order valence-corrected chi connectivity index (χ2v) is 5.26. The molecule has 0 heterocycles. The minimum absolute atomic E-state index is 0.144. The van der Waals surface area contributed by atoms with Gasteiger partial charge < -0.3 is 5.32 Å². The van der Waals surface area contributed by atoms with Crippen LogP contribution in [0.4, 0.5) is 4.39 Å². The van der Waals surface area contributed by atoms with E-state index in [4.69, 9.17) is 0 Å². The van der Waals surface area contributed by atoms with Crippen molar-refractivity contribution in [3.63, 3.8) is 0 Å². The van der Waals surface area contributed by atoms with Crippen molar-refractivity contribution in [2.24, 2.45) is 5.92 Å². The van der Waals surface area contributed by atoms with E-state index in [0.717, 1.165) is 18.4 Å². The number of hydrogen-bond donors (Lipinski definition) is 1. The summed E-state index contributed by atoms with van der Waals surface area (Å²) in [7, 11) is 2.01. The molecule has 2 unspecified atom stereocenters. The normalized spacial score (nSPS) is 21.4. The summed E-state index contributed by atoms with van der Waals surface area (Å²) in [6.07, 6.45) is 1.98. The van der Waals surface area contributed by atoms with Crippen molar-refractivity contribution in [3.05, 3.63) is 71.0 Å². The van der Waals surface area contributed by atoms with E-state index in [1.54, 1.807) is 12.1 Å². The number of nitrogens with one attached hydrogen (secondary N) is 1. The van der Waals surface area contributed by atoms with Gasteiger partial charge in [0.15, 0.2) is 0 Å². The van der Waals surface area contributed by atoms with Crippen molar-refractivity contribution in [2.75, 3.05) is 7.05 Å². The molecule has 0 amide bonds. The van der Waals surface area contributed by atoms with Crippen LogP contribution in [-0.4, -0.2) is 7.05 Å². The molecule has 2 atom stereocenters. The fraction of sp³-hybridized carbons (Fsp3) is 0.294. The van der Waals surface area contributed by atoms with E-state index in [1.807, 2.05) is 13.1 Å². The summed E-state index contributed by atoms with van der Waals surface area (Å²) in [6, 6.07) is 15.9. The van der Waals surface area contributed by atoms with E-state index in [2.05, 4.69) is 29.6 Å². The highest BCUT2D eigenvalue weighted by molar-refractivity contribution is 5.36. The van der Waals surface area contributed by atoms with Crippen LogP contribution in [-0.2, 0) is 12.8 Å². The van der Waals surface area contributed by atoms with Crippen molar-refractivity contribution in [2.45, 2.75) is 18.9 Å². The lowest BCUT2D eigenvalue weighted by Crippen LogP contribution is -2.23. The Bertz CT molecular complexity index is 579. The zero-order valence-corrected chi connectivity index (χ0v) is 11.1. The zero-order chi connectivity index (χ0) is 13.2. The average molecular weight is 255 g/mol. The van der Waals surface area contributed by atoms with Gasteiger partial charge in [0.2, 0.25) is 0 Å². The molecule has 1 aliphatic rings. The van der Waals surface area contributed by atoms with E-state index in [-0.39, 0.29) is 5.82 Å². The second kappa shape index (κ2) is 5.14. The molecule has 1 N–H and O–H groups in total. The Balaban J connectivity index is 1.83. The minimum atomic E-state index is -0.144. The molecule has 2 aromatic carbocycles. The van der Waals surface area contributed by atoms with Crippen LogP contribution in [0, 0.1) is 11.7 Å². The van der Waals surface area contributed by atoms with Crippen LogP contribution in [0.2, 0.25) is 0 Å². The summed E-state index contributed by atoms with van der Waals surface area (Å²) in [4.78, 5) is 0. The number of hydrogen-bond acceptors (Lipinski definition) is 1. The molecule has 3 rings (SSSR count). The molecule has 0 spiro atoms. The molecule has 1 aliphatic carbocycles. The van der Waals surface area contributed by atoms with Crippen molar-refractivity contribution in [1.29, 1.82) is 0 Å². The first-order chi connectivity index (χ1) is 9.28. The Kier molecular flexibility index (Phi) is 3.34. The lowest BCUT2D eigenvalue weighted by atomic mass is 9.93. The van der Waals surface area contributed by atoms with Crippen molar-refractivity contribution in [3.8, 4) is 0 Å². The summed E-state index contributed by atoms with van der Waals surface area (Å²) < 4.78 is 13.3. The van der Waals surface area contributed by atoms with E-state index in [9.17, 15) is 4.39 Å². The Morgan fingerprint density at radius 1 is 1.16 bits per heavy atom. The highest BCUT2D eigenvalue weighted by atomic mass is 19.1. The van der Waals surface area contributed by atoms with Crippen LogP contribution >= 0.6 is 0 Å². The van der Waals surface area contributed by atoms with E-state index < -0.39 is 0 Å². The smallest absolute Gasteiger partial charge is 0.123 e. The van der Waals surface area contributed by atoms with Gasteiger partial charge in [0, 0.05) is 6.04 Å². The van der Waals surface area contributed by atoms with Gasteiger partial charge >= 0.3 is 0 Å². The average Bonchev–Trinajstić information content (AvgIpc) is 2.75. The molecule has 98 valence electrons. The summed E-state index contributed by atoms with van der Waals surface area (Å²) in [5.74, 6) is 0.359. The number of fused-ring (bicyclic) bond motifs is 1. The summed E-state index contributed by atoms with van der Waals surface area (Å²) in [6.45, 7) is 0. The van der Waals surface area contributed by atoms with Gasteiger partial charge in [0.05, 0.1) is 0 Å². The molecule has 0 fully saturated rings. The Hall–Kier alpha value is -1.67. The standard InChI is InChI=1S/C17H18FN/c1-19-17-14(9-12-5-4-7-15(18)10-12)11-13-6-2-3-8-16(13)17/h2-8,10,14,17,19H,9,11H2,1H3. The Morgan fingerprint density at radius 2 is 2.00 bits per heavy atom. The van der Waals surface area contributed by atoms with Gasteiger partial charge in [0.1, 0.15) is 5.82 Å². The molecule has 0 aromatic heterocycles. The Morgan fingerprint density at radius 3 is 2.79 bits per heavy atom. The van der Waals surface area contributed by atoms with Crippen molar-refractivity contribution < 1.29 is 4.39 Å². The van der Waals surface area contributed by atoms with Crippen LogP contribution in [0.1, 0.15) is 22.7 Å². The predicted molar refractivity (Wildman–Crippen MR) is 75.5 cm³/mol. The maximum Gasteiger partial charge on any atom is 0.123 e. The van der Waals surface area contributed by atoms with Gasteiger partial charge in [-0.05, 0) is 54.6 Å². The largest absolute Gasteiger partial charge is 0.313 e. The van der Waals surface area contributed by atoms with Crippen LogP contribution < -0.4 is 5.32 Å². The lowest BCUT2D eigenvalue weighted by molar-refractivity contribution is 0.410. The lowest BCUT2D eigenvalue weighted by Gasteiger charge is -2.20. The SMILES string of the molecule is CNC1c2ccccc2CC1Cc1cccc(F)c1. The van der Waals surface area contributed by atoms with E-state index in [0.29, 0.717) is 12.0 Å². The molecule has 0 bridgehead atoms. The van der Waals surface area contributed by atoms with Crippen molar-refractivity contribution >= 4 is 0 Å². The van der Waals surface area contributed by atoms with Gasteiger partial charge in [-0.25, -0.2) is 4.39 Å². The van der Waals surface area contributed by atoms with Gasteiger partial charge in [-0.15, -0.1) is 0 Å². The third-order valence-corrected chi connectivity index (χ3v) is 4.04. The predicted octanol–water partition coefficient (Wildman–Crippen LogP) is 3.50. The van der Waals surface area contributed by atoms with Crippen LogP contribution in [0.25, 0.3) is 0 Å². The third kappa shape index (κ3) is 2.41. The first kappa shape index (κ1) is 12.4. The number of benzene rings is 2. The second-order valence-electron chi connectivity index (χ2n) is 5.26. The summed E-state index contributed by atoms with van der Waals surface area (Å²) in [5.41, 5.74) is 3.90. The molecule has 0 aliphatic heterocycles.